The van der Waals surface area contributed by atoms with Gasteiger partial charge in [-0.3, -0.25) is 0 Å². The number of hydrogen-bond donors (Lipinski definition) is 1. The summed E-state index contributed by atoms with van der Waals surface area (Å²) in [5, 5.41) is 3.76. The van der Waals surface area contributed by atoms with Gasteiger partial charge in [-0.2, -0.15) is 13.5 Å². The highest BCUT2D eigenvalue weighted by Crippen LogP contribution is 2.14. The van der Waals surface area contributed by atoms with Crippen molar-refractivity contribution in [2.24, 2.45) is 5.10 Å². The molecule has 0 bridgehead atoms. The van der Waals surface area contributed by atoms with E-state index in [1.165, 1.54) is 18.3 Å². The molecule has 0 radical (unpaired) electrons. The van der Waals surface area contributed by atoms with Gasteiger partial charge in [0.05, 0.1) is 16.7 Å². The van der Waals surface area contributed by atoms with Gasteiger partial charge in [-0.15, -0.1) is 0 Å². The van der Waals surface area contributed by atoms with Gasteiger partial charge >= 0.3 is 5.97 Å². The second kappa shape index (κ2) is 8.29. The van der Waals surface area contributed by atoms with E-state index in [2.05, 4.69) is 9.93 Å². The van der Waals surface area contributed by atoms with Crippen LogP contribution < -0.4 is 9.57 Å². The lowest BCUT2D eigenvalue weighted by Gasteiger charge is -2.05. The van der Waals surface area contributed by atoms with Crippen LogP contribution in [0.5, 0.6) is 5.75 Å². The Hall–Kier alpha value is -3.45. The summed E-state index contributed by atoms with van der Waals surface area (Å²) in [5.74, 6) is -0.0708. The van der Waals surface area contributed by atoms with Crippen molar-refractivity contribution in [1.82, 2.24) is 4.83 Å². The van der Waals surface area contributed by atoms with Crippen LogP contribution >= 0.6 is 0 Å². The third-order valence-corrected chi connectivity index (χ3v) is 4.78. The molecule has 0 saturated carbocycles. The molecule has 0 aliphatic rings. The number of carbonyl (C=O) groups is 1. The molecule has 0 atom stereocenters. The van der Waals surface area contributed by atoms with E-state index in [-0.39, 0.29) is 4.90 Å². The maximum Gasteiger partial charge on any atom is 0.343 e. The first kappa shape index (κ1) is 18.3. The fraction of sp³-hybridized carbons (Fsp3) is 0. The Balaban J connectivity index is 1.61. The fourth-order valence-corrected chi connectivity index (χ4v) is 3.00. The van der Waals surface area contributed by atoms with Crippen LogP contribution in [0.25, 0.3) is 0 Å². The highest BCUT2D eigenvalue weighted by Gasteiger charge is 2.11. The number of hydrazone groups is 1. The van der Waals surface area contributed by atoms with E-state index in [0.29, 0.717) is 16.9 Å². The molecule has 7 heteroatoms. The minimum Gasteiger partial charge on any atom is -0.423 e. The first-order valence-electron chi connectivity index (χ1n) is 8.02. The van der Waals surface area contributed by atoms with Gasteiger partial charge in [0.1, 0.15) is 5.75 Å². The lowest BCUT2D eigenvalue weighted by Crippen LogP contribution is -2.18. The molecule has 0 saturated heterocycles. The highest BCUT2D eigenvalue weighted by atomic mass is 32.2. The molecule has 3 aromatic carbocycles. The Labute approximate surface area is 157 Å². The third-order valence-electron chi connectivity index (χ3n) is 3.54. The van der Waals surface area contributed by atoms with Gasteiger partial charge < -0.3 is 4.74 Å². The van der Waals surface area contributed by atoms with E-state index in [4.69, 9.17) is 4.74 Å². The van der Waals surface area contributed by atoms with Crippen molar-refractivity contribution in [3.8, 4) is 5.75 Å². The normalized spacial score (nSPS) is 11.3. The van der Waals surface area contributed by atoms with E-state index in [1.54, 1.807) is 66.7 Å². The van der Waals surface area contributed by atoms with Crippen molar-refractivity contribution in [3.63, 3.8) is 0 Å². The van der Waals surface area contributed by atoms with Crippen molar-refractivity contribution in [2.45, 2.75) is 4.90 Å². The predicted molar refractivity (Wildman–Crippen MR) is 102 cm³/mol. The van der Waals surface area contributed by atoms with Crippen LogP contribution in [0, 0.1) is 0 Å². The van der Waals surface area contributed by atoms with Gasteiger partial charge in [0, 0.05) is 0 Å². The van der Waals surface area contributed by atoms with E-state index >= 15 is 0 Å². The molecule has 0 unspecified atom stereocenters. The Morgan fingerprint density at radius 2 is 1.44 bits per heavy atom. The molecule has 0 aliphatic carbocycles. The van der Waals surface area contributed by atoms with Crippen molar-refractivity contribution < 1.29 is 17.9 Å². The molecule has 0 spiro atoms. The lowest BCUT2D eigenvalue weighted by atomic mass is 10.2. The number of sulfonamides is 1. The monoisotopic (exact) mass is 380 g/mol. The average molecular weight is 380 g/mol. The van der Waals surface area contributed by atoms with Crippen LogP contribution in [0.4, 0.5) is 0 Å². The highest BCUT2D eigenvalue weighted by molar-refractivity contribution is 7.89. The summed E-state index contributed by atoms with van der Waals surface area (Å²) in [4.78, 5) is 14.3. The number of benzene rings is 3. The summed E-state index contributed by atoms with van der Waals surface area (Å²) in [6.07, 6.45) is 1.36. The molecule has 3 aromatic rings. The van der Waals surface area contributed by atoms with Crippen LogP contribution in [0.1, 0.15) is 15.9 Å². The van der Waals surface area contributed by atoms with Crippen molar-refractivity contribution >= 4 is 22.2 Å². The molecule has 0 fully saturated rings. The first-order valence-corrected chi connectivity index (χ1v) is 9.50. The predicted octanol–water partition coefficient (Wildman–Crippen LogP) is 3.22. The van der Waals surface area contributed by atoms with Crippen LogP contribution in [0.15, 0.2) is 94.9 Å². The Morgan fingerprint density at radius 3 is 2.07 bits per heavy atom. The van der Waals surface area contributed by atoms with Gasteiger partial charge in [0.25, 0.3) is 10.0 Å². The average Bonchev–Trinajstić information content (AvgIpc) is 2.70. The van der Waals surface area contributed by atoms with Gasteiger partial charge in [0.15, 0.2) is 0 Å². The molecular weight excluding hydrogens is 364 g/mol. The van der Waals surface area contributed by atoms with Crippen molar-refractivity contribution in [3.05, 3.63) is 96.1 Å². The van der Waals surface area contributed by atoms with Gasteiger partial charge in [-0.05, 0) is 54.1 Å². The number of esters is 1. The fourth-order valence-electron chi connectivity index (χ4n) is 2.18. The van der Waals surface area contributed by atoms with Gasteiger partial charge in [-0.25, -0.2) is 9.63 Å². The molecule has 6 nitrogen and oxygen atoms in total. The van der Waals surface area contributed by atoms with Crippen LogP contribution in [-0.2, 0) is 10.0 Å². The molecule has 27 heavy (non-hydrogen) atoms. The zero-order valence-electron chi connectivity index (χ0n) is 14.1. The number of ether oxygens (including phenoxy) is 1. The second-order valence-corrected chi connectivity index (χ2v) is 7.15. The maximum absolute atomic E-state index is 12.1. The van der Waals surface area contributed by atoms with Gasteiger partial charge in [0.2, 0.25) is 0 Å². The minimum atomic E-state index is -3.70. The van der Waals surface area contributed by atoms with Crippen LogP contribution in [0.3, 0.4) is 0 Å². The summed E-state index contributed by atoms with van der Waals surface area (Å²) in [6.45, 7) is 0. The zero-order valence-corrected chi connectivity index (χ0v) is 15.0. The summed E-state index contributed by atoms with van der Waals surface area (Å²) in [5.41, 5.74) is 1.10. The Bertz CT molecular complexity index is 1030. The van der Waals surface area contributed by atoms with E-state index in [0.717, 1.165) is 0 Å². The zero-order chi connectivity index (χ0) is 19.1. The maximum atomic E-state index is 12.1. The molecular formula is C20H16N2O4S. The lowest BCUT2D eigenvalue weighted by molar-refractivity contribution is 0.0734. The summed E-state index contributed by atoms with van der Waals surface area (Å²) >= 11 is 0. The number of carbonyl (C=O) groups excluding carboxylic acids is 1. The number of nitrogens with one attached hydrogen (secondary N) is 1. The van der Waals surface area contributed by atoms with E-state index in [9.17, 15) is 13.2 Å². The third kappa shape index (κ3) is 5.02. The molecule has 0 aliphatic heterocycles. The first-order chi connectivity index (χ1) is 13.0. The molecule has 1 N–H and O–H groups in total. The summed E-state index contributed by atoms with van der Waals surface area (Å²) in [7, 11) is -3.70. The molecule has 136 valence electrons. The standard InChI is InChI=1S/C20H16N2O4S/c23-20(17-7-3-1-4-8-17)26-18-13-11-16(12-14-18)15-21-22-27(24,25)19-9-5-2-6-10-19/h1-15,22H/b21-15+. The SMILES string of the molecule is O=C(Oc1ccc(/C=N/NS(=O)(=O)c2ccccc2)cc1)c1ccccc1. The largest absolute Gasteiger partial charge is 0.423 e. The Morgan fingerprint density at radius 1 is 0.852 bits per heavy atom. The van der Waals surface area contributed by atoms with E-state index in [1.807, 2.05) is 6.07 Å². The van der Waals surface area contributed by atoms with Gasteiger partial charge in [-0.1, -0.05) is 36.4 Å². The number of hydrogen-bond acceptors (Lipinski definition) is 5. The summed E-state index contributed by atoms with van der Waals surface area (Å²) in [6, 6.07) is 23.2. The molecule has 0 aromatic heterocycles. The number of nitrogens with zero attached hydrogens (tertiary/aromatic N) is 1. The van der Waals surface area contributed by atoms with Crippen molar-refractivity contribution in [1.29, 1.82) is 0 Å². The quantitative estimate of drug-likeness (QED) is 0.308. The van der Waals surface area contributed by atoms with Crippen LogP contribution in [0.2, 0.25) is 0 Å². The molecule has 3 rings (SSSR count). The topological polar surface area (TPSA) is 84.8 Å². The number of rotatable bonds is 6. The van der Waals surface area contributed by atoms with E-state index < -0.39 is 16.0 Å². The minimum absolute atomic E-state index is 0.130. The second-order valence-electron chi connectivity index (χ2n) is 5.49. The Kier molecular flexibility index (Phi) is 5.63. The summed E-state index contributed by atoms with van der Waals surface area (Å²) < 4.78 is 29.4. The smallest absolute Gasteiger partial charge is 0.343 e. The molecule has 0 heterocycles. The molecule has 0 amide bonds. The van der Waals surface area contributed by atoms with Crippen molar-refractivity contribution in [2.75, 3.05) is 0 Å². The van der Waals surface area contributed by atoms with Crippen LogP contribution in [-0.4, -0.2) is 20.6 Å².